The van der Waals surface area contributed by atoms with Crippen LogP contribution in [0.2, 0.25) is 0 Å². The fraction of sp³-hybridized carbons (Fsp3) is 0.267. The number of hydrogen-bond acceptors (Lipinski definition) is 4. The number of hydrogen-bond donors (Lipinski definition) is 0. The summed E-state index contributed by atoms with van der Waals surface area (Å²) in [6.07, 6.45) is 1.61. The van der Waals surface area contributed by atoms with E-state index in [4.69, 9.17) is 4.74 Å². The molecule has 6 heteroatoms. The van der Waals surface area contributed by atoms with Crippen LogP contribution in [0, 0.1) is 15.9 Å². The van der Waals surface area contributed by atoms with E-state index in [2.05, 4.69) is 0 Å². The van der Waals surface area contributed by atoms with Gasteiger partial charge >= 0.3 is 5.97 Å². The highest BCUT2D eigenvalue weighted by molar-refractivity contribution is 5.99. The Morgan fingerprint density at radius 2 is 2.10 bits per heavy atom. The van der Waals surface area contributed by atoms with E-state index in [0.717, 1.165) is 25.0 Å². The molecular weight excluding hydrogens is 277 g/mol. The summed E-state index contributed by atoms with van der Waals surface area (Å²) in [5.74, 6) is -1.18. The Labute approximate surface area is 120 Å². The van der Waals surface area contributed by atoms with Gasteiger partial charge < -0.3 is 4.74 Å². The lowest BCUT2D eigenvalue weighted by molar-refractivity contribution is -0.383. The smallest absolute Gasteiger partial charge is 0.338 e. The van der Waals surface area contributed by atoms with Gasteiger partial charge in [-0.2, -0.15) is 0 Å². The highest BCUT2D eigenvalue weighted by Gasteiger charge is 2.18. The molecule has 0 aliphatic carbocycles. The van der Waals surface area contributed by atoms with Gasteiger partial charge in [-0.1, -0.05) is 19.4 Å². The van der Waals surface area contributed by atoms with Crippen molar-refractivity contribution in [3.05, 3.63) is 51.8 Å². The Hall–Kier alpha value is -2.50. The third-order valence-electron chi connectivity index (χ3n) is 3.06. The number of rotatable bonds is 5. The molecule has 0 aliphatic rings. The fourth-order valence-corrected chi connectivity index (χ4v) is 1.97. The third-order valence-corrected chi connectivity index (χ3v) is 3.06. The number of non-ortho nitro benzene ring substituents is 1. The van der Waals surface area contributed by atoms with Gasteiger partial charge in [-0.3, -0.25) is 10.1 Å². The lowest BCUT2D eigenvalue weighted by Crippen LogP contribution is -2.07. The van der Waals surface area contributed by atoms with Crippen LogP contribution in [0.4, 0.5) is 10.1 Å². The number of ether oxygens (including phenoxy) is 1. The Balaban J connectivity index is 2.44. The van der Waals surface area contributed by atoms with Crippen LogP contribution < -0.4 is 0 Å². The lowest BCUT2D eigenvalue weighted by atomic mass is 10.0. The molecule has 5 nitrogen and oxygen atoms in total. The largest absolute Gasteiger partial charge is 0.462 e. The molecule has 0 aromatic heterocycles. The van der Waals surface area contributed by atoms with E-state index in [9.17, 15) is 19.3 Å². The van der Waals surface area contributed by atoms with Crippen molar-refractivity contribution < 1.29 is 18.8 Å². The van der Waals surface area contributed by atoms with Gasteiger partial charge in [0.1, 0.15) is 5.82 Å². The van der Waals surface area contributed by atoms with E-state index in [1.165, 1.54) is 18.2 Å². The summed E-state index contributed by atoms with van der Waals surface area (Å²) in [7, 11) is 0. The standard InChI is InChI=1S/C15H14FNO4/c1-2-3-6-21-15(18)11-7-10-4-5-12(16)9-13(10)14(8-11)17(19)20/h4-5,7-9H,2-3,6H2,1H3. The van der Waals surface area contributed by atoms with Gasteiger partial charge in [-0.15, -0.1) is 0 Å². The molecule has 0 atom stereocenters. The summed E-state index contributed by atoms with van der Waals surface area (Å²) < 4.78 is 18.3. The lowest BCUT2D eigenvalue weighted by Gasteiger charge is -2.06. The van der Waals surface area contributed by atoms with Gasteiger partial charge in [-0.05, 0) is 30.0 Å². The molecule has 0 N–H and O–H groups in total. The maximum absolute atomic E-state index is 13.2. The van der Waals surface area contributed by atoms with Crippen molar-refractivity contribution >= 4 is 22.4 Å². The zero-order valence-corrected chi connectivity index (χ0v) is 11.5. The molecule has 0 bridgehead atoms. The van der Waals surface area contributed by atoms with Gasteiger partial charge in [0.25, 0.3) is 5.69 Å². The molecule has 110 valence electrons. The molecule has 2 aromatic rings. The van der Waals surface area contributed by atoms with Gasteiger partial charge in [0, 0.05) is 6.07 Å². The minimum Gasteiger partial charge on any atom is -0.462 e. The van der Waals surface area contributed by atoms with Crippen molar-refractivity contribution in [1.82, 2.24) is 0 Å². The van der Waals surface area contributed by atoms with Crippen LogP contribution in [0.25, 0.3) is 10.8 Å². The zero-order valence-electron chi connectivity index (χ0n) is 11.5. The Morgan fingerprint density at radius 1 is 1.33 bits per heavy atom. The predicted octanol–water partition coefficient (Wildman–Crippen LogP) is 3.84. The van der Waals surface area contributed by atoms with E-state index in [1.54, 1.807) is 0 Å². The van der Waals surface area contributed by atoms with Crippen LogP contribution in [0.15, 0.2) is 30.3 Å². The highest BCUT2D eigenvalue weighted by Crippen LogP contribution is 2.28. The SMILES string of the molecule is CCCCOC(=O)c1cc([N+](=O)[O-])c2cc(F)ccc2c1. The van der Waals surface area contributed by atoms with Crippen molar-refractivity contribution in [2.24, 2.45) is 0 Å². The average Bonchev–Trinajstić information content (AvgIpc) is 2.46. The Morgan fingerprint density at radius 3 is 2.76 bits per heavy atom. The number of carbonyl (C=O) groups excluding carboxylic acids is 1. The summed E-state index contributed by atoms with van der Waals surface area (Å²) in [6, 6.07) is 6.27. The predicted molar refractivity (Wildman–Crippen MR) is 75.8 cm³/mol. The summed E-state index contributed by atoms with van der Waals surface area (Å²) in [4.78, 5) is 22.3. The maximum atomic E-state index is 13.2. The fourth-order valence-electron chi connectivity index (χ4n) is 1.97. The van der Waals surface area contributed by atoms with Gasteiger partial charge in [0.15, 0.2) is 0 Å². The van der Waals surface area contributed by atoms with Crippen LogP contribution >= 0.6 is 0 Å². The van der Waals surface area contributed by atoms with Crippen LogP contribution in [-0.4, -0.2) is 17.5 Å². The molecular formula is C15H14FNO4. The zero-order chi connectivity index (χ0) is 15.4. The number of fused-ring (bicyclic) bond motifs is 1. The van der Waals surface area contributed by atoms with Crippen LogP contribution in [-0.2, 0) is 4.74 Å². The number of benzene rings is 2. The van der Waals surface area contributed by atoms with E-state index >= 15 is 0 Å². The van der Waals surface area contributed by atoms with Crippen LogP contribution in [0.3, 0.4) is 0 Å². The summed E-state index contributed by atoms with van der Waals surface area (Å²) >= 11 is 0. The first kappa shape index (κ1) is 14.9. The van der Waals surface area contributed by atoms with E-state index in [0.29, 0.717) is 5.39 Å². The molecule has 0 saturated heterocycles. The van der Waals surface area contributed by atoms with Gasteiger partial charge in [-0.25, -0.2) is 9.18 Å². The molecule has 0 unspecified atom stereocenters. The molecule has 0 amide bonds. The first-order valence-corrected chi connectivity index (χ1v) is 6.57. The number of carbonyl (C=O) groups is 1. The molecule has 0 spiro atoms. The molecule has 2 rings (SSSR count). The minimum atomic E-state index is -0.634. The Kier molecular flexibility index (Phi) is 4.47. The van der Waals surface area contributed by atoms with Crippen molar-refractivity contribution in [3.63, 3.8) is 0 Å². The van der Waals surface area contributed by atoms with E-state index in [1.807, 2.05) is 6.92 Å². The summed E-state index contributed by atoms with van der Waals surface area (Å²) in [5, 5.41) is 11.7. The third kappa shape index (κ3) is 3.34. The molecule has 0 saturated carbocycles. The highest BCUT2D eigenvalue weighted by atomic mass is 19.1. The number of esters is 1. The first-order chi connectivity index (χ1) is 10.0. The second-order valence-electron chi connectivity index (χ2n) is 4.61. The number of nitro groups is 1. The van der Waals surface area contributed by atoms with Crippen molar-refractivity contribution in [2.45, 2.75) is 19.8 Å². The van der Waals surface area contributed by atoms with Crippen LogP contribution in [0.1, 0.15) is 30.1 Å². The minimum absolute atomic E-state index is 0.0944. The van der Waals surface area contributed by atoms with E-state index < -0.39 is 16.7 Å². The second-order valence-corrected chi connectivity index (χ2v) is 4.61. The monoisotopic (exact) mass is 291 g/mol. The van der Waals surface area contributed by atoms with Crippen molar-refractivity contribution in [3.8, 4) is 0 Å². The van der Waals surface area contributed by atoms with Gasteiger partial charge in [0.05, 0.1) is 22.5 Å². The van der Waals surface area contributed by atoms with Crippen molar-refractivity contribution in [1.29, 1.82) is 0 Å². The molecule has 2 aromatic carbocycles. The van der Waals surface area contributed by atoms with E-state index in [-0.39, 0.29) is 23.2 Å². The number of nitrogens with zero attached hydrogens (tertiary/aromatic N) is 1. The van der Waals surface area contributed by atoms with Gasteiger partial charge in [0.2, 0.25) is 0 Å². The quantitative estimate of drug-likeness (QED) is 0.363. The maximum Gasteiger partial charge on any atom is 0.338 e. The second kappa shape index (κ2) is 6.30. The first-order valence-electron chi connectivity index (χ1n) is 6.57. The molecule has 0 fully saturated rings. The number of nitro benzene ring substituents is 1. The molecule has 0 radical (unpaired) electrons. The van der Waals surface area contributed by atoms with Crippen molar-refractivity contribution in [2.75, 3.05) is 6.61 Å². The normalized spacial score (nSPS) is 10.6. The molecule has 21 heavy (non-hydrogen) atoms. The number of unbranched alkanes of at least 4 members (excludes halogenated alkanes) is 1. The molecule has 0 aliphatic heterocycles. The average molecular weight is 291 g/mol. The topological polar surface area (TPSA) is 69.4 Å². The summed E-state index contributed by atoms with van der Waals surface area (Å²) in [5.41, 5.74) is -0.216. The molecule has 0 heterocycles. The number of halogens is 1. The summed E-state index contributed by atoms with van der Waals surface area (Å²) in [6.45, 7) is 2.23. The Bertz CT molecular complexity index is 699. The van der Waals surface area contributed by atoms with Crippen LogP contribution in [0.5, 0.6) is 0 Å².